The van der Waals surface area contributed by atoms with Crippen molar-refractivity contribution in [1.82, 2.24) is 0 Å². The van der Waals surface area contributed by atoms with Crippen LogP contribution in [0.1, 0.15) is 22.3 Å². The third kappa shape index (κ3) is 5.33. The van der Waals surface area contributed by atoms with Crippen LogP contribution in [0.15, 0.2) is 63.5 Å². The number of halogens is 3. The highest BCUT2D eigenvalue weighted by Crippen LogP contribution is 2.35. The van der Waals surface area contributed by atoms with Gasteiger partial charge < -0.3 is 10.1 Å². The molecule has 0 radical (unpaired) electrons. The van der Waals surface area contributed by atoms with Crippen LogP contribution in [0, 0.1) is 19.7 Å². The van der Waals surface area contributed by atoms with E-state index in [1.165, 1.54) is 23.3 Å². The number of aryl methyl sites for hydroxylation is 2. The van der Waals surface area contributed by atoms with Crippen molar-refractivity contribution < 1.29 is 9.13 Å². The molecule has 140 valence electrons. The van der Waals surface area contributed by atoms with Gasteiger partial charge in [0.05, 0.1) is 8.95 Å². The molecule has 0 spiro atoms. The molecule has 0 saturated carbocycles. The van der Waals surface area contributed by atoms with Crippen LogP contribution in [0.25, 0.3) is 0 Å². The van der Waals surface area contributed by atoms with Gasteiger partial charge in [-0.05, 0) is 104 Å². The van der Waals surface area contributed by atoms with Crippen LogP contribution >= 0.6 is 31.9 Å². The largest absolute Gasteiger partial charge is 0.487 e. The van der Waals surface area contributed by atoms with Crippen molar-refractivity contribution in [2.45, 2.75) is 27.0 Å². The van der Waals surface area contributed by atoms with Gasteiger partial charge in [-0.2, -0.15) is 0 Å². The molecular weight excluding hydrogens is 473 g/mol. The first-order valence-corrected chi connectivity index (χ1v) is 10.2. The highest BCUT2D eigenvalue weighted by Gasteiger charge is 2.10. The summed E-state index contributed by atoms with van der Waals surface area (Å²) >= 11 is 7.18. The summed E-state index contributed by atoms with van der Waals surface area (Å²) in [5.74, 6) is 0.482. The van der Waals surface area contributed by atoms with Crippen LogP contribution in [-0.2, 0) is 13.2 Å². The lowest BCUT2D eigenvalue weighted by molar-refractivity contribution is 0.302. The van der Waals surface area contributed by atoms with Crippen molar-refractivity contribution in [1.29, 1.82) is 0 Å². The van der Waals surface area contributed by atoms with Crippen molar-refractivity contribution in [2.75, 3.05) is 5.32 Å². The zero-order valence-corrected chi connectivity index (χ0v) is 18.3. The molecule has 0 heterocycles. The van der Waals surface area contributed by atoms with Gasteiger partial charge in [-0.25, -0.2) is 4.39 Å². The van der Waals surface area contributed by atoms with E-state index in [1.807, 2.05) is 12.1 Å². The summed E-state index contributed by atoms with van der Waals surface area (Å²) in [6.07, 6.45) is 0. The predicted molar refractivity (Wildman–Crippen MR) is 116 cm³/mol. The molecule has 0 atom stereocenters. The summed E-state index contributed by atoms with van der Waals surface area (Å²) < 4.78 is 20.6. The average Bonchev–Trinajstić information content (AvgIpc) is 2.63. The highest BCUT2D eigenvalue weighted by molar-refractivity contribution is 9.11. The molecule has 0 aliphatic carbocycles. The van der Waals surface area contributed by atoms with Gasteiger partial charge in [0, 0.05) is 12.2 Å². The maximum Gasteiger partial charge on any atom is 0.148 e. The summed E-state index contributed by atoms with van der Waals surface area (Å²) in [5, 5.41) is 3.45. The molecule has 3 aromatic carbocycles. The Balaban J connectivity index is 1.66. The van der Waals surface area contributed by atoms with E-state index in [2.05, 4.69) is 69.2 Å². The maximum absolute atomic E-state index is 13.0. The summed E-state index contributed by atoms with van der Waals surface area (Å²) in [4.78, 5) is 0. The zero-order valence-electron chi connectivity index (χ0n) is 15.2. The summed E-state index contributed by atoms with van der Waals surface area (Å²) in [7, 11) is 0. The fourth-order valence-corrected chi connectivity index (χ4v) is 4.15. The van der Waals surface area contributed by atoms with Gasteiger partial charge in [0.2, 0.25) is 0 Å². The first kappa shape index (κ1) is 19.9. The first-order chi connectivity index (χ1) is 12.9. The molecule has 0 aliphatic heterocycles. The fourth-order valence-electron chi connectivity index (χ4n) is 2.64. The molecular formula is C22H20Br2FNO. The number of hydrogen-bond donors (Lipinski definition) is 1. The van der Waals surface area contributed by atoms with E-state index < -0.39 is 0 Å². The predicted octanol–water partition coefficient (Wildman–Crippen LogP) is 7.16. The van der Waals surface area contributed by atoms with E-state index in [4.69, 9.17) is 4.74 Å². The van der Waals surface area contributed by atoms with Crippen molar-refractivity contribution in [2.24, 2.45) is 0 Å². The fraction of sp³-hybridized carbons (Fsp3) is 0.182. The lowest BCUT2D eigenvalue weighted by Crippen LogP contribution is -2.02. The highest BCUT2D eigenvalue weighted by atomic mass is 79.9. The second-order valence-corrected chi connectivity index (χ2v) is 8.16. The van der Waals surface area contributed by atoms with E-state index >= 15 is 0 Å². The Hall–Kier alpha value is -1.85. The van der Waals surface area contributed by atoms with Crippen molar-refractivity contribution in [3.05, 3.63) is 91.6 Å². The molecule has 3 aromatic rings. The second-order valence-electron chi connectivity index (χ2n) is 6.46. The van der Waals surface area contributed by atoms with E-state index in [0.717, 1.165) is 31.5 Å². The Kier molecular flexibility index (Phi) is 6.55. The van der Waals surface area contributed by atoms with Crippen LogP contribution in [-0.4, -0.2) is 0 Å². The molecule has 3 rings (SSSR count). The third-order valence-corrected chi connectivity index (χ3v) is 5.54. The Labute approximate surface area is 176 Å². The lowest BCUT2D eigenvalue weighted by atomic mass is 10.1. The Morgan fingerprint density at radius 2 is 1.52 bits per heavy atom. The van der Waals surface area contributed by atoms with Crippen LogP contribution < -0.4 is 10.1 Å². The van der Waals surface area contributed by atoms with Crippen LogP contribution in [0.3, 0.4) is 0 Å². The van der Waals surface area contributed by atoms with Crippen LogP contribution in [0.4, 0.5) is 10.1 Å². The molecule has 1 N–H and O–H groups in total. The molecule has 2 nitrogen and oxygen atoms in total. The summed E-state index contributed by atoms with van der Waals surface area (Å²) in [5.41, 5.74) is 5.69. The number of nitrogens with one attached hydrogen (secondary N) is 1. The lowest BCUT2D eigenvalue weighted by Gasteiger charge is -2.14. The van der Waals surface area contributed by atoms with Gasteiger partial charge >= 0.3 is 0 Å². The second kappa shape index (κ2) is 8.89. The van der Waals surface area contributed by atoms with Crippen LogP contribution in [0.2, 0.25) is 0 Å². The zero-order chi connectivity index (χ0) is 19.4. The first-order valence-electron chi connectivity index (χ1n) is 8.58. The maximum atomic E-state index is 13.0. The third-order valence-electron chi connectivity index (χ3n) is 4.36. The quantitative estimate of drug-likeness (QED) is 0.394. The number of anilines is 1. The van der Waals surface area contributed by atoms with Crippen molar-refractivity contribution in [3.8, 4) is 5.75 Å². The number of benzene rings is 3. The van der Waals surface area contributed by atoms with Gasteiger partial charge in [-0.15, -0.1) is 0 Å². The normalized spacial score (nSPS) is 10.7. The van der Waals surface area contributed by atoms with E-state index in [1.54, 1.807) is 12.1 Å². The molecule has 0 aromatic heterocycles. The molecule has 0 aliphatic rings. The van der Waals surface area contributed by atoms with Gasteiger partial charge in [-0.1, -0.05) is 18.2 Å². The standard InChI is InChI=1S/C22H20Br2FNO/c1-14-3-8-19(9-15(14)2)26-12-17-10-20(23)22(21(24)11-17)27-13-16-4-6-18(25)7-5-16/h3-11,26H,12-13H2,1-2H3. The Morgan fingerprint density at radius 3 is 2.15 bits per heavy atom. The molecule has 27 heavy (non-hydrogen) atoms. The smallest absolute Gasteiger partial charge is 0.148 e. The molecule has 0 bridgehead atoms. The van der Waals surface area contributed by atoms with Gasteiger partial charge in [0.1, 0.15) is 18.2 Å². The Morgan fingerprint density at radius 1 is 0.852 bits per heavy atom. The van der Waals surface area contributed by atoms with E-state index in [-0.39, 0.29) is 5.82 Å². The molecule has 0 fully saturated rings. The summed E-state index contributed by atoms with van der Waals surface area (Å²) in [6.45, 7) is 5.30. The van der Waals surface area contributed by atoms with Gasteiger partial charge in [0.15, 0.2) is 0 Å². The average molecular weight is 493 g/mol. The minimum absolute atomic E-state index is 0.248. The van der Waals surface area contributed by atoms with E-state index in [9.17, 15) is 4.39 Å². The topological polar surface area (TPSA) is 21.3 Å². The number of rotatable bonds is 6. The number of hydrogen-bond acceptors (Lipinski definition) is 2. The number of ether oxygens (including phenoxy) is 1. The monoisotopic (exact) mass is 491 g/mol. The SMILES string of the molecule is Cc1ccc(NCc2cc(Br)c(OCc3ccc(F)cc3)c(Br)c2)cc1C. The Bertz CT molecular complexity index is 919. The minimum Gasteiger partial charge on any atom is -0.487 e. The minimum atomic E-state index is -0.248. The van der Waals surface area contributed by atoms with Crippen molar-refractivity contribution in [3.63, 3.8) is 0 Å². The molecule has 0 amide bonds. The van der Waals surface area contributed by atoms with Gasteiger partial charge in [-0.3, -0.25) is 0 Å². The molecule has 5 heteroatoms. The van der Waals surface area contributed by atoms with Crippen molar-refractivity contribution >= 4 is 37.5 Å². The molecule has 0 saturated heterocycles. The summed E-state index contributed by atoms with van der Waals surface area (Å²) in [6, 6.07) is 16.8. The van der Waals surface area contributed by atoms with Crippen LogP contribution in [0.5, 0.6) is 5.75 Å². The molecule has 0 unspecified atom stereocenters. The van der Waals surface area contributed by atoms with Gasteiger partial charge in [0.25, 0.3) is 0 Å². The van der Waals surface area contributed by atoms with E-state index in [0.29, 0.717) is 13.2 Å².